The van der Waals surface area contributed by atoms with Crippen LogP contribution in [0.3, 0.4) is 0 Å². The van der Waals surface area contributed by atoms with Crippen LogP contribution >= 0.6 is 0 Å². The van der Waals surface area contributed by atoms with Gasteiger partial charge in [-0.3, -0.25) is 9.69 Å². The second kappa shape index (κ2) is 9.18. The van der Waals surface area contributed by atoms with Crippen LogP contribution in [0.15, 0.2) is 71.6 Å². The fourth-order valence-electron chi connectivity index (χ4n) is 3.87. The molecule has 0 fully saturated rings. The summed E-state index contributed by atoms with van der Waals surface area (Å²) in [6.07, 6.45) is 0. The van der Waals surface area contributed by atoms with Gasteiger partial charge in [-0.2, -0.15) is 4.31 Å². The zero-order valence-electron chi connectivity index (χ0n) is 19.1. The molecule has 0 aromatic heterocycles. The monoisotopic (exact) mass is 479 g/mol. The molecule has 0 atom stereocenters. The topological polar surface area (TPSA) is 96.0 Å². The molecule has 0 bridgehead atoms. The van der Waals surface area contributed by atoms with Crippen molar-refractivity contribution in [1.82, 2.24) is 5.32 Å². The number of para-hydroxylation sites is 1. The maximum Gasteiger partial charge on any atom is 0.343 e. The maximum atomic E-state index is 13.5. The van der Waals surface area contributed by atoms with Gasteiger partial charge in [0.05, 0.1) is 18.5 Å². The van der Waals surface area contributed by atoms with Crippen molar-refractivity contribution in [3.8, 4) is 5.75 Å². The Balaban J connectivity index is 1.63. The van der Waals surface area contributed by atoms with Crippen LogP contribution in [0.1, 0.15) is 16.7 Å². The molecule has 34 heavy (non-hydrogen) atoms. The van der Waals surface area contributed by atoms with Crippen molar-refractivity contribution >= 4 is 33.3 Å². The number of rotatable bonds is 6. The molecule has 0 aliphatic carbocycles. The van der Waals surface area contributed by atoms with E-state index in [0.717, 1.165) is 15.4 Å². The molecule has 1 aliphatic rings. The standard InChI is InChI=1S/C25H25N3O5S/c1-17-8-13-21(18(2)14-17)28-25(30)27(22-6-4-5-7-23(22)34(28,31)32)16-24(29)26-15-19-9-11-20(33-3)12-10-19/h4-14H,15-16H2,1-3H3,(H,26,29). The van der Waals surface area contributed by atoms with Gasteiger partial charge in [0.15, 0.2) is 0 Å². The van der Waals surface area contributed by atoms with Crippen LogP contribution in [0, 0.1) is 13.8 Å². The maximum absolute atomic E-state index is 13.5. The van der Waals surface area contributed by atoms with Crippen molar-refractivity contribution in [3.05, 3.63) is 83.4 Å². The Labute approximate surface area is 198 Å². The summed E-state index contributed by atoms with van der Waals surface area (Å²) < 4.78 is 32.7. The molecule has 0 saturated heterocycles. The molecule has 1 N–H and O–H groups in total. The quantitative estimate of drug-likeness (QED) is 0.581. The van der Waals surface area contributed by atoms with Gasteiger partial charge in [-0.05, 0) is 55.3 Å². The molecule has 4 rings (SSSR count). The third kappa shape index (κ3) is 4.34. The van der Waals surface area contributed by atoms with Gasteiger partial charge < -0.3 is 10.1 Å². The number of carbonyl (C=O) groups excluding carboxylic acids is 2. The highest BCUT2D eigenvalue weighted by Crippen LogP contribution is 2.38. The van der Waals surface area contributed by atoms with Gasteiger partial charge in [0, 0.05) is 6.54 Å². The predicted octanol–water partition coefficient (Wildman–Crippen LogP) is 3.76. The average molecular weight is 480 g/mol. The van der Waals surface area contributed by atoms with Crippen molar-refractivity contribution in [2.24, 2.45) is 0 Å². The number of urea groups is 1. The van der Waals surface area contributed by atoms with Crippen molar-refractivity contribution in [3.63, 3.8) is 0 Å². The van der Waals surface area contributed by atoms with Gasteiger partial charge in [-0.25, -0.2) is 13.2 Å². The van der Waals surface area contributed by atoms with Gasteiger partial charge in [0.2, 0.25) is 5.91 Å². The minimum Gasteiger partial charge on any atom is -0.497 e. The Morgan fingerprint density at radius 2 is 1.68 bits per heavy atom. The first kappa shape index (κ1) is 23.3. The van der Waals surface area contributed by atoms with Crippen molar-refractivity contribution < 1.29 is 22.7 Å². The van der Waals surface area contributed by atoms with E-state index in [9.17, 15) is 18.0 Å². The molecule has 0 saturated carbocycles. The summed E-state index contributed by atoms with van der Waals surface area (Å²) in [7, 11) is -2.58. The van der Waals surface area contributed by atoms with Crippen molar-refractivity contribution in [2.45, 2.75) is 25.3 Å². The molecule has 8 nitrogen and oxygen atoms in total. The predicted molar refractivity (Wildman–Crippen MR) is 130 cm³/mol. The molecule has 0 spiro atoms. The zero-order valence-corrected chi connectivity index (χ0v) is 19.9. The summed E-state index contributed by atoms with van der Waals surface area (Å²) in [6, 6.07) is 17.8. The lowest BCUT2D eigenvalue weighted by atomic mass is 10.1. The Morgan fingerprint density at radius 3 is 2.35 bits per heavy atom. The number of fused-ring (bicyclic) bond motifs is 1. The van der Waals surface area contributed by atoms with Gasteiger partial charge in [0.1, 0.15) is 17.2 Å². The first-order valence-electron chi connectivity index (χ1n) is 10.6. The van der Waals surface area contributed by atoms with E-state index in [1.807, 2.05) is 25.1 Å². The first-order valence-corrected chi connectivity index (χ1v) is 12.1. The van der Waals surface area contributed by atoms with Crippen LogP contribution in [0.25, 0.3) is 0 Å². The van der Waals surface area contributed by atoms with Gasteiger partial charge in [-0.1, -0.05) is 42.0 Å². The second-order valence-corrected chi connectivity index (χ2v) is 9.78. The molecule has 0 unspecified atom stereocenters. The van der Waals surface area contributed by atoms with E-state index in [2.05, 4.69) is 5.32 Å². The van der Waals surface area contributed by atoms with Gasteiger partial charge >= 0.3 is 6.03 Å². The van der Waals surface area contributed by atoms with Gasteiger partial charge in [0.25, 0.3) is 10.0 Å². The number of ether oxygens (including phenoxy) is 1. The van der Waals surface area contributed by atoms with Crippen LogP contribution in [0.4, 0.5) is 16.2 Å². The molecule has 1 heterocycles. The molecule has 3 amide bonds. The van der Waals surface area contributed by atoms with E-state index in [4.69, 9.17) is 4.74 Å². The number of amides is 3. The van der Waals surface area contributed by atoms with Crippen LogP contribution in [-0.2, 0) is 21.4 Å². The number of nitrogens with zero attached hydrogens (tertiary/aromatic N) is 2. The normalized spacial score (nSPS) is 14.5. The molecule has 9 heteroatoms. The minimum absolute atomic E-state index is 0.0301. The average Bonchev–Trinajstić information content (AvgIpc) is 2.82. The SMILES string of the molecule is COc1ccc(CNC(=O)CN2C(=O)N(c3ccc(C)cc3C)S(=O)(=O)c3ccccc32)cc1. The van der Waals surface area contributed by atoms with E-state index in [1.165, 1.54) is 17.0 Å². The third-order valence-electron chi connectivity index (χ3n) is 5.60. The Bertz CT molecular complexity index is 1350. The van der Waals surface area contributed by atoms with E-state index in [-0.39, 0.29) is 29.4 Å². The third-order valence-corrected chi connectivity index (χ3v) is 7.34. The number of hydrogen-bond acceptors (Lipinski definition) is 5. The number of anilines is 2. The number of methoxy groups -OCH3 is 1. The fraction of sp³-hybridized carbons (Fsp3) is 0.200. The number of nitrogens with one attached hydrogen (secondary N) is 1. The molecular formula is C25H25N3O5S. The lowest BCUT2D eigenvalue weighted by molar-refractivity contribution is -0.119. The zero-order chi connectivity index (χ0) is 24.5. The summed E-state index contributed by atoms with van der Waals surface area (Å²) in [5.74, 6) is 0.289. The lowest BCUT2D eigenvalue weighted by Crippen LogP contribution is -2.53. The Hall–Kier alpha value is -3.85. The molecular weight excluding hydrogens is 454 g/mol. The second-order valence-electron chi connectivity index (χ2n) is 8.02. The first-order chi connectivity index (χ1) is 16.2. The van der Waals surface area contributed by atoms with Crippen molar-refractivity contribution in [1.29, 1.82) is 0 Å². The van der Waals surface area contributed by atoms with Crippen LogP contribution in [0.5, 0.6) is 5.75 Å². The van der Waals surface area contributed by atoms with Gasteiger partial charge in [-0.15, -0.1) is 0 Å². The Morgan fingerprint density at radius 1 is 0.971 bits per heavy atom. The van der Waals surface area contributed by atoms with Crippen LogP contribution in [-0.4, -0.2) is 34.0 Å². The molecule has 0 radical (unpaired) electrons. The summed E-state index contributed by atoms with van der Waals surface area (Å²) >= 11 is 0. The van der Waals surface area contributed by atoms with Crippen LogP contribution < -0.4 is 19.3 Å². The number of benzene rings is 3. The highest BCUT2D eigenvalue weighted by Gasteiger charge is 2.43. The van der Waals surface area contributed by atoms with Crippen LogP contribution in [0.2, 0.25) is 0 Å². The van der Waals surface area contributed by atoms with E-state index in [0.29, 0.717) is 11.3 Å². The largest absolute Gasteiger partial charge is 0.497 e. The molecule has 3 aromatic rings. The Kier molecular flexibility index (Phi) is 6.30. The summed E-state index contributed by atoms with van der Waals surface area (Å²) in [4.78, 5) is 27.4. The molecule has 176 valence electrons. The van der Waals surface area contributed by atoms with E-state index >= 15 is 0 Å². The molecule has 1 aliphatic heterocycles. The number of carbonyl (C=O) groups is 2. The van der Waals surface area contributed by atoms with Crippen molar-refractivity contribution in [2.75, 3.05) is 22.9 Å². The highest BCUT2D eigenvalue weighted by atomic mass is 32.2. The minimum atomic E-state index is -4.15. The van der Waals surface area contributed by atoms with E-state index < -0.39 is 22.0 Å². The molecule has 3 aromatic carbocycles. The fourth-order valence-corrected chi connectivity index (χ4v) is 5.53. The van der Waals surface area contributed by atoms with E-state index in [1.54, 1.807) is 50.4 Å². The lowest BCUT2D eigenvalue weighted by Gasteiger charge is -2.36. The number of sulfonamides is 1. The summed E-state index contributed by atoms with van der Waals surface area (Å²) in [5, 5.41) is 2.79. The number of hydrogen-bond donors (Lipinski definition) is 1. The summed E-state index contributed by atoms with van der Waals surface area (Å²) in [5.41, 5.74) is 2.87. The highest BCUT2D eigenvalue weighted by molar-refractivity contribution is 7.94. The number of aryl methyl sites for hydroxylation is 2. The smallest absolute Gasteiger partial charge is 0.343 e. The summed E-state index contributed by atoms with van der Waals surface area (Å²) in [6.45, 7) is 3.56.